The molecule has 0 N–H and O–H groups in total. The maximum atomic E-state index is 13.9. The van der Waals surface area contributed by atoms with Crippen molar-refractivity contribution in [2.45, 2.75) is 33.6 Å². The Morgan fingerprint density at radius 1 is 0.895 bits per heavy atom. The molecule has 5 nitrogen and oxygen atoms in total. The van der Waals surface area contributed by atoms with Crippen LogP contribution in [-0.4, -0.2) is 35.6 Å². The number of allylic oxidation sites excluding steroid dienone is 2. The van der Waals surface area contributed by atoms with Gasteiger partial charge in [0, 0.05) is 30.6 Å². The molecule has 5 heteroatoms. The molecule has 1 unspecified atom stereocenters. The monoisotopic (exact) mass is 505 g/mol. The van der Waals surface area contributed by atoms with Crippen LogP contribution in [0.1, 0.15) is 55.8 Å². The lowest BCUT2D eigenvalue weighted by Crippen LogP contribution is -2.28. The first-order valence-electron chi connectivity index (χ1n) is 13.0. The zero-order chi connectivity index (χ0) is 26.8. The van der Waals surface area contributed by atoms with Gasteiger partial charge >= 0.3 is 5.97 Å². The average molecular weight is 506 g/mol. The van der Waals surface area contributed by atoms with Crippen LogP contribution in [0.3, 0.4) is 0 Å². The number of amides is 1. The normalized spacial score (nSPS) is 18.4. The summed E-state index contributed by atoms with van der Waals surface area (Å²) in [5, 5.41) is 0. The fraction of sp³-hybridized carbons (Fsp3) is 0.242. The third-order valence-corrected chi connectivity index (χ3v) is 7.27. The zero-order valence-electron chi connectivity index (χ0n) is 22.0. The molecule has 0 spiro atoms. The van der Waals surface area contributed by atoms with Gasteiger partial charge in [-0.15, -0.1) is 0 Å². The molecule has 1 saturated heterocycles. The number of rotatable bonds is 5. The van der Waals surface area contributed by atoms with Gasteiger partial charge in [0.1, 0.15) is 5.76 Å². The first-order chi connectivity index (χ1) is 18.3. The summed E-state index contributed by atoms with van der Waals surface area (Å²) in [5.74, 6) is -0.127. The molecule has 1 amide bonds. The van der Waals surface area contributed by atoms with E-state index in [0.717, 1.165) is 28.7 Å². The predicted molar refractivity (Wildman–Crippen MR) is 148 cm³/mol. The molecular weight excluding hydrogens is 474 g/mol. The number of nitrogens with zero attached hydrogens (tertiary/aromatic N) is 1. The number of hydrogen-bond donors (Lipinski definition) is 0. The average Bonchev–Trinajstić information content (AvgIpc) is 3.49. The van der Waals surface area contributed by atoms with Gasteiger partial charge < -0.3 is 9.64 Å². The van der Waals surface area contributed by atoms with Crippen molar-refractivity contribution < 1.29 is 19.1 Å². The van der Waals surface area contributed by atoms with Gasteiger partial charge in [-0.2, -0.15) is 0 Å². The lowest BCUT2D eigenvalue weighted by molar-refractivity contribution is -0.110. The standard InChI is InChI=1S/C33H31NO4/c1-21-16-22(2)29(23(3)17-21)30-28(38-33(37)26-12-8-5-9-13-26)19-27(31(30)35)18-24-14-15-34(20-24)32(36)25-10-6-4-7-11-25/h4-13,16-18,24H,14-15,19-20H2,1-3H3. The third-order valence-electron chi connectivity index (χ3n) is 7.27. The van der Waals surface area contributed by atoms with Crippen molar-refractivity contribution in [2.75, 3.05) is 13.1 Å². The second kappa shape index (κ2) is 10.6. The van der Waals surface area contributed by atoms with Gasteiger partial charge in [0.05, 0.1) is 11.1 Å². The third kappa shape index (κ3) is 5.10. The highest BCUT2D eigenvalue weighted by atomic mass is 16.5. The van der Waals surface area contributed by atoms with Crippen LogP contribution >= 0.6 is 0 Å². The first kappa shape index (κ1) is 25.4. The second-order valence-electron chi connectivity index (χ2n) is 10.2. The summed E-state index contributed by atoms with van der Waals surface area (Å²) in [4.78, 5) is 41.6. The minimum atomic E-state index is -0.477. The number of ketones is 1. The van der Waals surface area contributed by atoms with Gasteiger partial charge in [0.25, 0.3) is 5.91 Å². The molecule has 0 radical (unpaired) electrons. The first-order valence-corrected chi connectivity index (χ1v) is 13.0. The van der Waals surface area contributed by atoms with Gasteiger partial charge in [-0.25, -0.2) is 4.79 Å². The minimum Gasteiger partial charge on any atom is -0.426 e. The highest BCUT2D eigenvalue weighted by Gasteiger charge is 2.35. The Hall–Kier alpha value is -4.25. The number of esters is 1. The van der Waals surface area contributed by atoms with Crippen molar-refractivity contribution in [1.82, 2.24) is 4.90 Å². The molecule has 2 aliphatic rings. The Morgan fingerprint density at radius 3 is 2.13 bits per heavy atom. The SMILES string of the molecule is Cc1cc(C)c(C2=C(OC(=O)c3ccccc3)CC(=CC3CCN(C(=O)c4ccccc4)C3)C2=O)c(C)c1. The number of Topliss-reactive ketones (excluding diaryl/α,β-unsaturated/α-hetero) is 1. The van der Waals surface area contributed by atoms with Crippen LogP contribution in [0.25, 0.3) is 5.57 Å². The van der Waals surface area contributed by atoms with Crippen molar-refractivity contribution in [3.8, 4) is 0 Å². The van der Waals surface area contributed by atoms with E-state index in [2.05, 4.69) is 0 Å². The molecule has 1 aliphatic carbocycles. The molecule has 1 fully saturated rings. The maximum Gasteiger partial charge on any atom is 0.343 e. The summed E-state index contributed by atoms with van der Waals surface area (Å²) in [7, 11) is 0. The number of likely N-dealkylation sites (tertiary alicyclic amines) is 1. The maximum absolute atomic E-state index is 13.9. The van der Waals surface area contributed by atoms with E-state index in [1.807, 2.05) is 80.3 Å². The van der Waals surface area contributed by atoms with Gasteiger partial charge in [-0.05, 0) is 74.1 Å². The molecule has 0 bridgehead atoms. The van der Waals surface area contributed by atoms with Crippen molar-refractivity contribution in [3.63, 3.8) is 0 Å². The summed E-state index contributed by atoms with van der Waals surface area (Å²) in [6, 6.07) is 22.2. The number of ether oxygens (including phenoxy) is 1. The van der Waals surface area contributed by atoms with Crippen molar-refractivity contribution in [3.05, 3.63) is 124 Å². The Kier molecular flexibility index (Phi) is 7.10. The van der Waals surface area contributed by atoms with Crippen LogP contribution in [0.15, 0.2) is 90.2 Å². The van der Waals surface area contributed by atoms with Crippen molar-refractivity contribution in [2.24, 2.45) is 5.92 Å². The summed E-state index contributed by atoms with van der Waals surface area (Å²) in [6.07, 6.45) is 3.03. The predicted octanol–water partition coefficient (Wildman–Crippen LogP) is 6.24. The highest BCUT2D eigenvalue weighted by molar-refractivity contribution is 6.32. The smallest absolute Gasteiger partial charge is 0.343 e. The van der Waals surface area contributed by atoms with Crippen LogP contribution in [0.5, 0.6) is 0 Å². The molecule has 0 saturated carbocycles. The largest absolute Gasteiger partial charge is 0.426 e. The van der Waals surface area contributed by atoms with E-state index < -0.39 is 5.97 Å². The lowest BCUT2D eigenvalue weighted by atomic mass is 9.91. The van der Waals surface area contributed by atoms with Gasteiger partial charge in [-0.1, -0.05) is 60.2 Å². The van der Waals surface area contributed by atoms with Gasteiger partial charge in [-0.3, -0.25) is 9.59 Å². The molecule has 1 heterocycles. The number of hydrogen-bond acceptors (Lipinski definition) is 4. The number of benzene rings is 3. The van der Waals surface area contributed by atoms with E-state index in [0.29, 0.717) is 41.1 Å². The summed E-state index contributed by atoms with van der Waals surface area (Å²) in [5.41, 5.74) is 6.07. The summed E-state index contributed by atoms with van der Waals surface area (Å²) in [6.45, 7) is 7.19. The molecule has 5 rings (SSSR count). The molecular formula is C33H31NO4. The van der Waals surface area contributed by atoms with Crippen LogP contribution in [0, 0.1) is 26.7 Å². The Balaban J connectivity index is 1.43. The van der Waals surface area contributed by atoms with Crippen LogP contribution < -0.4 is 0 Å². The molecule has 3 aromatic carbocycles. The quantitative estimate of drug-likeness (QED) is 0.304. The van der Waals surface area contributed by atoms with E-state index in [1.54, 1.807) is 24.3 Å². The zero-order valence-corrected chi connectivity index (χ0v) is 22.0. The van der Waals surface area contributed by atoms with Crippen LogP contribution in [0.2, 0.25) is 0 Å². The molecule has 0 aromatic heterocycles. The van der Waals surface area contributed by atoms with Crippen LogP contribution in [-0.2, 0) is 9.53 Å². The molecule has 1 atom stereocenters. The lowest BCUT2D eigenvalue weighted by Gasteiger charge is -2.16. The second-order valence-corrected chi connectivity index (χ2v) is 10.2. The number of carbonyl (C=O) groups is 3. The number of aryl methyl sites for hydroxylation is 3. The fourth-order valence-electron chi connectivity index (χ4n) is 5.58. The molecule has 3 aromatic rings. The Labute approximate surface area is 223 Å². The van der Waals surface area contributed by atoms with E-state index in [4.69, 9.17) is 4.74 Å². The topological polar surface area (TPSA) is 63.7 Å². The van der Waals surface area contributed by atoms with E-state index >= 15 is 0 Å². The minimum absolute atomic E-state index is 0.00597. The van der Waals surface area contributed by atoms with Crippen molar-refractivity contribution >= 4 is 23.2 Å². The van der Waals surface area contributed by atoms with E-state index in [9.17, 15) is 14.4 Å². The Bertz CT molecular complexity index is 1440. The summed E-state index contributed by atoms with van der Waals surface area (Å²) >= 11 is 0. The molecule has 192 valence electrons. The fourth-order valence-corrected chi connectivity index (χ4v) is 5.58. The number of carbonyl (C=O) groups excluding carboxylic acids is 3. The highest BCUT2D eigenvalue weighted by Crippen LogP contribution is 2.40. The molecule has 1 aliphatic heterocycles. The van der Waals surface area contributed by atoms with E-state index in [-0.39, 0.29) is 24.0 Å². The van der Waals surface area contributed by atoms with E-state index in [1.165, 1.54) is 0 Å². The Morgan fingerprint density at radius 2 is 1.50 bits per heavy atom. The van der Waals surface area contributed by atoms with Gasteiger partial charge in [0.15, 0.2) is 5.78 Å². The summed E-state index contributed by atoms with van der Waals surface area (Å²) < 4.78 is 5.90. The molecule has 38 heavy (non-hydrogen) atoms. The van der Waals surface area contributed by atoms with Gasteiger partial charge in [0.2, 0.25) is 0 Å². The van der Waals surface area contributed by atoms with Crippen molar-refractivity contribution in [1.29, 1.82) is 0 Å². The van der Waals surface area contributed by atoms with Crippen LogP contribution in [0.4, 0.5) is 0 Å².